The molecule has 44 heavy (non-hydrogen) atoms. The number of benzene rings is 3. The van der Waals surface area contributed by atoms with Crippen molar-refractivity contribution in [2.75, 3.05) is 38.5 Å². The van der Waals surface area contributed by atoms with E-state index < -0.39 is 0 Å². The number of carbonyl (C=O) groups excluding carboxylic acids is 1. The van der Waals surface area contributed by atoms with Crippen molar-refractivity contribution in [3.05, 3.63) is 82.7 Å². The monoisotopic (exact) mass is 601 g/mol. The van der Waals surface area contributed by atoms with Crippen molar-refractivity contribution in [1.29, 1.82) is 0 Å². The van der Waals surface area contributed by atoms with Crippen LogP contribution in [0.5, 0.6) is 17.2 Å². The number of nitrogen functional groups attached to an aromatic ring is 1. The maximum absolute atomic E-state index is 13.1. The van der Waals surface area contributed by atoms with Crippen LogP contribution in [-0.4, -0.2) is 58.5 Å². The molecule has 1 amide bonds. The number of amides is 1. The minimum atomic E-state index is -0.373. The highest BCUT2D eigenvalue weighted by atomic mass is 16.5. The summed E-state index contributed by atoms with van der Waals surface area (Å²) in [4.78, 5) is 26.4. The lowest BCUT2D eigenvalue weighted by molar-refractivity contribution is 0.102. The third kappa shape index (κ3) is 7.61. The smallest absolute Gasteiger partial charge is 0.255 e. The Labute approximate surface area is 257 Å². The Hall–Kier alpha value is -4.74. The number of methoxy groups -OCH3 is 2. The zero-order chi connectivity index (χ0) is 31.9. The highest BCUT2D eigenvalue weighted by molar-refractivity contribution is 6.05. The number of hydrogen-bond acceptors (Lipinski definition) is 10. The van der Waals surface area contributed by atoms with E-state index in [1.165, 1.54) is 14.2 Å². The summed E-state index contributed by atoms with van der Waals surface area (Å²) >= 11 is 0. The number of aliphatic hydroxyl groups excluding tert-OH is 2. The van der Waals surface area contributed by atoms with Crippen LogP contribution in [0.15, 0.2) is 54.6 Å². The van der Waals surface area contributed by atoms with Crippen molar-refractivity contribution in [2.45, 2.75) is 45.6 Å². The fraction of sp³-hybridized carbons (Fsp3) is 0.333. The molecule has 0 fully saturated rings. The largest absolute Gasteiger partial charge is 0.493 e. The molecule has 0 saturated carbocycles. The van der Waals surface area contributed by atoms with E-state index in [4.69, 9.17) is 25.1 Å². The van der Waals surface area contributed by atoms with Gasteiger partial charge in [-0.1, -0.05) is 45.0 Å². The van der Waals surface area contributed by atoms with Crippen LogP contribution >= 0.6 is 0 Å². The molecule has 0 radical (unpaired) electrons. The number of hydrogen-bond donors (Lipinski definition) is 4. The minimum Gasteiger partial charge on any atom is -0.493 e. The first-order valence-electron chi connectivity index (χ1n) is 14.2. The molecule has 0 spiro atoms. The second-order valence-electron chi connectivity index (χ2n) is 11.1. The molecule has 0 bridgehead atoms. The van der Waals surface area contributed by atoms with E-state index in [1.807, 2.05) is 12.1 Å². The molecule has 3 aromatic carbocycles. The van der Waals surface area contributed by atoms with E-state index in [-0.39, 0.29) is 42.7 Å². The summed E-state index contributed by atoms with van der Waals surface area (Å²) < 4.78 is 16.8. The van der Waals surface area contributed by atoms with E-state index in [1.54, 1.807) is 42.5 Å². The SMILES string of the molecule is COc1cc(Cc2nc(N)nc(-c3cccc(NC(=O)c4ccc(C(C)(C)C)cc4)c3CO)n2)cc(OC)c1OCCCO. The van der Waals surface area contributed by atoms with Crippen LogP contribution in [0.25, 0.3) is 11.4 Å². The molecule has 5 N–H and O–H groups in total. The summed E-state index contributed by atoms with van der Waals surface area (Å²) in [5.41, 5.74) is 9.83. The van der Waals surface area contributed by atoms with Crippen LogP contribution in [0.1, 0.15) is 60.1 Å². The molecule has 0 aliphatic carbocycles. The summed E-state index contributed by atoms with van der Waals surface area (Å²) in [6, 6.07) is 16.3. The molecule has 11 heteroatoms. The lowest BCUT2D eigenvalue weighted by atomic mass is 9.86. The maximum atomic E-state index is 13.1. The van der Waals surface area contributed by atoms with Gasteiger partial charge in [-0.25, -0.2) is 4.98 Å². The highest BCUT2D eigenvalue weighted by Crippen LogP contribution is 2.39. The summed E-state index contributed by atoms with van der Waals surface area (Å²) in [7, 11) is 3.05. The van der Waals surface area contributed by atoms with E-state index >= 15 is 0 Å². The third-order valence-corrected chi connectivity index (χ3v) is 6.97. The molecule has 1 heterocycles. The predicted octanol–water partition coefficient (Wildman–Crippen LogP) is 4.53. The number of ether oxygens (including phenoxy) is 3. The van der Waals surface area contributed by atoms with Gasteiger partial charge in [0.1, 0.15) is 5.82 Å². The van der Waals surface area contributed by atoms with Gasteiger partial charge in [0.25, 0.3) is 5.91 Å². The van der Waals surface area contributed by atoms with Crippen molar-refractivity contribution in [3.8, 4) is 28.6 Å². The Bertz CT molecular complexity index is 1580. The number of rotatable bonds is 12. The Kier molecular flexibility index (Phi) is 10.4. The van der Waals surface area contributed by atoms with E-state index in [0.29, 0.717) is 58.5 Å². The first-order chi connectivity index (χ1) is 21.1. The molecule has 11 nitrogen and oxygen atoms in total. The van der Waals surface area contributed by atoms with Crippen LogP contribution < -0.4 is 25.3 Å². The van der Waals surface area contributed by atoms with Crippen molar-refractivity contribution >= 4 is 17.5 Å². The average Bonchev–Trinajstić information content (AvgIpc) is 3.00. The molecule has 4 aromatic rings. The van der Waals surface area contributed by atoms with Gasteiger partial charge in [-0.05, 0) is 46.9 Å². The van der Waals surface area contributed by atoms with Gasteiger partial charge in [-0.2, -0.15) is 9.97 Å². The molecule has 0 aliphatic rings. The van der Waals surface area contributed by atoms with Crippen LogP contribution in [0.3, 0.4) is 0 Å². The Balaban J connectivity index is 1.62. The standard InChI is InChI=1S/C33H39N5O6/c1-33(2,3)22-12-10-21(11-13-22)31(41)35-25-9-6-8-23(24(25)19-40)30-36-28(37-32(34)38-30)18-20-16-26(42-4)29(27(17-20)43-5)44-15-7-14-39/h6,8-13,16-17,39-40H,7,14-15,18-19H2,1-5H3,(H,35,41)(H2,34,36,37,38). The Morgan fingerprint density at radius 2 is 1.64 bits per heavy atom. The van der Waals surface area contributed by atoms with Crippen LogP contribution in [0, 0.1) is 0 Å². The molecular weight excluding hydrogens is 562 g/mol. The van der Waals surface area contributed by atoms with Gasteiger partial charge in [0, 0.05) is 41.8 Å². The Morgan fingerprint density at radius 3 is 2.23 bits per heavy atom. The molecule has 0 saturated heterocycles. The minimum absolute atomic E-state index is 0.00454. The van der Waals surface area contributed by atoms with Gasteiger partial charge in [-0.15, -0.1) is 0 Å². The summed E-state index contributed by atoms with van der Waals surface area (Å²) in [5.74, 6) is 1.68. The molecule has 0 unspecified atom stereocenters. The van der Waals surface area contributed by atoms with E-state index in [0.717, 1.165) is 11.1 Å². The van der Waals surface area contributed by atoms with E-state index in [2.05, 4.69) is 41.0 Å². The van der Waals surface area contributed by atoms with Crippen molar-refractivity contribution in [2.24, 2.45) is 0 Å². The number of anilines is 2. The van der Waals surface area contributed by atoms with Gasteiger partial charge >= 0.3 is 0 Å². The maximum Gasteiger partial charge on any atom is 0.255 e. The summed E-state index contributed by atoms with van der Waals surface area (Å²) in [5, 5.41) is 22.4. The normalized spacial score (nSPS) is 11.2. The lowest BCUT2D eigenvalue weighted by Gasteiger charge is -2.19. The second-order valence-corrected chi connectivity index (χ2v) is 11.1. The predicted molar refractivity (Wildman–Crippen MR) is 168 cm³/mol. The van der Waals surface area contributed by atoms with Gasteiger partial charge in [0.15, 0.2) is 17.3 Å². The van der Waals surface area contributed by atoms with Crippen LogP contribution in [0.2, 0.25) is 0 Å². The zero-order valence-corrected chi connectivity index (χ0v) is 25.7. The summed E-state index contributed by atoms with van der Waals surface area (Å²) in [6.07, 6.45) is 0.727. The number of aromatic nitrogens is 3. The fourth-order valence-corrected chi connectivity index (χ4v) is 4.64. The molecule has 0 atom stereocenters. The molecule has 0 aliphatic heterocycles. The highest BCUT2D eigenvalue weighted by Gasteiger charge is 2.19. The molecule has 1 aromatic heterocycles. The number of aliphatic hydroxyl groups is 2. The average molecular weight is 602 g/mol. The number of nitrogens with two attached hydrogens (primary N) is 1. The number of nitrogens with zero attached hydrogens (tertiary/aromatic N) is 3. The number of nitrogens with one attached hydrogen (secondary N) is 1. The van der Waals surface area contributed by atoms with Crippen molar-refractivity contribution in [1.82, 2.24) is 15.0 Å². The molecule has 232 valence electrons. The third-order valence-electron chi connectivity index (χ3n) is 6.97. The Morgan fingerprint density at radius 1 is 0.955 bits per heavy atom. The first kappa shape index (κ1) is 32.2. The molecule has 4 rings (SSSR count). The van der Waals surface area contributed by atoms with Gasteiger partial charge in [-0.3, -0.25) is 4.79 Å². The van der Waals surface area contributed by atoms with Crippen molar-refractivity contribution < 1.29 is 29.2 Å². The fourth-order valence-electron chi connectivity index (χ4n) is 4.64. The topological polar surface area (TPSA) is 162 Å². The summed E-state index contributed by atoms with van der Waals surface area (Å²) in [6.45, 7) is 6.27. The van der Waals surface area contributed by atoms with Crippen LogP contribution in [-0.2, 0) is 18.4 Å². The van der Waals surface area contributed by atoms with E-state index in [9.17, 15) is 9.90 Å². The van der Waals surface area contributed by atoms with Crippen molar-refractivity contribution in [3.63, 3.8) is 0 Å². The van der Waals surface area contributed by atoms with Crippen LogP contribution in [0.4, 0.5) is 11.6 Å². The van der Waals surface area contributed by atoms with Gasteiger partial charge in [0.05, 0.1) is 27.4 Å². The quantitative estimate of drug-likeness (QED) is 0.170. The number of carbonyl (C=O) groups is 1. The molecular formula is C33H39N5O6. The lowest BCUT2D eigenvalue weighted by Crippen LogP contribution is -2.15. The van der Waals surface area contributed by atoms with Gasteiger partial charge in [0.2, 0.25) is 11.7 Å². The second kappa shape index (κ2) is 14.2. The van der Waals surface area contributed by atoms with Gasteiger partial charge < -0.3 is 35.5 Å². The zero-order valence-electron chi connectivity index (χ0n) is 25.7. The first-order valence-corrected chi connectivity index (χ1v) is 14.2.